The third-order valence-corrected chi connectivity index (χ3v) is 6.33. The summed E-state index contributed by atoms with van der Waals surface area (Å²) in [5, 5.41) is 9.45. The second-order valence-electron chi connectivity index (χ2n) is 8.72. The zero-order valence-corrected chi connectivity index (χ0v) is 24.0. The van der Waals surface area contributed by atoms with Gasteiger partial charge in [-0.2, -0.15) is 5.10 Å². The van der Waals surface area contributed by atoms with Crippen LogP contribution in [0, 0.1) is 0 Å². The Labute approximate surface area is 252 Å². The van der Waals surface area contributed by atoms with E-state index in [0.29, 0.717) is 11.1 Å². The minimum atomic E-state index is -4.99. The molecule has 0 atom stereocenters. The molecule has 0 saturated carbocycles. The van der Waals surface area contributed by atoms with E-state index in [1.807, 2.05) is 0 Å². The Morgan fingerprint density at radius 1 is 0.953 bits per heavy atom. The third-order valence-electron chi connectivity index (χ3n) is 5.76. The Bertz CT molecular complexity index is 1730. The second kappa shape index (κ2) is 13.1. The molecule has 0 saturated heterocycles. The lowest BCUT2D eigenvalue weighted by Gasteiger charge is -2.14. The number of pyridine rings is 1. The van der Waals surface area contributed by atoms with E-state index in [9.17, 15) is 27.6 Å². The number of urea groups is 1. The van der Waals surface area contributed by atoms with Crippen LogP contribution in [-0.2, 0) is 11.3 Å². The van der Waals surface area contributed by atoms with E-state index in [4.69, 9.17) is 27.9 Å². The van der Waals surface area contributed by atoms with E-state index in [2.05, 4.69) is 25.5 Å². The number of hydrogen-bond acceptors (Lipinski definition) is 7. The fourth-order valence-electron chi connectivity index (χ4n) is 3.93. The molecule has 0 aliphatic carbocycles. The van der Waals surface area contributed by atoms with Gasteiger partial charge in [-0.3, -0.25) is 9.78 Å². The summed E-state index contributed by atoms with van der Waals surface area (Å²) < 4.78 is 49.2. The van der Waals surface area contributed by atoms with Crippen LogP contribution in [-0.4, -0.2) is 39.7 Å². The number of carbonyl (C=O) groups excluding carboxylic acids is 2. The van der Waals surface area contributed by atoms with Crippen LogP contribution < -0.4 is 20.9 Å². The highest BCUT2D eigenvalue weighted by Gasteiger charge is 2.31. The van der Waals surface area contributed by atoms with Gasteiger partial charge in [0.1, 0.15) is 11.4 Å². The number of aromatic nitrogens is 3. The van der Waals surface area contributed by atoms with Crippen molar-refractivity contribution in [2.75, 3.05) is 17.2 Å². The number of aryl methyl sites for hydroxylation is 1. The molecule has 2 heterocycles. The first-order valence-corrected chi connectivity index (χ1v) is 13.3. The van der Waals surface area contributed by atoms with Gasteiger partial charge in [-0.1, -0.05) is 41.4 Å². The van der Waals surface area contributed by atoms with Gasteiger partial charge in [0.25, 0.3) is 5.56 Å². The van der Waals surface area contributed by atoms with Crippen LogP contribution in [0.25, 0.3) is 22.4 Å². The first-order valence-electron chi connectivity index (χ1n) is 12.6. The average Bonchev–Trinajstić information content (AvgIpc) is 2.95. The van der Waals surface area contributed by atoms with Crippen LogP contribution in [0.1, 0.15) is 24.2 Å². The lowest BCUT2D eigenvalue weighted by Crippen LogP contribution is -2.29. The molecule has 0 bridgehead atoms. The molecule has 0 spiro atoms. The summed E-state index contributed by atoms with van der Waals surface area (Å²) in [6, 6.07) is 10.4. The Hall–Kier alpha value is -4.62. The summed E-state index contributed by atoms with van der Waals surface area (Å²) in [7, 11) is 0. The molecule has 0 aliphatic rings. The zero-order chi connectivity index (χ0) is 31.3. The van der Waals surface area contributed by atoms with Crippen molar-refractivity contribution in [2.45, 2.75) is 26.8 Å². The number of rotatable bonds is 8. The Balaban J connectivity index is 1.72. The van der Waals surface area contributed by atoms with Gasteiger partial charge in [0.15, 0.2) is 0 Å². The largest absolute Gasteiger partial charge is 0.573 e. The molecule has 2 N–H and O–H groups in total. The first kappa shape index (κ1) is 31.3. The average molecular weight is 636 g/mol. The Morgan fingerprint density at radius 3 is 2.30 bits per heavy atom. The van der Waals surface area contributed by atoms with Crippen molar-refractivity contribution in [3.8, 4) is 28.1 Å². The number of nitrogens with zero attached hydrogens (tertiary/aromatic N) is 3. The molecular formula is C28H22Cl2F3N5O5. The molecule has 0 fully saturated rings. The van der Waals surface area contributed by atoms with Crippen LogP contribution in [0.3, 0.4) is 0 Å². The number of alkyl halides is 3. The molecule has 15 heteroatoms. The minimum Gasteiger partial charge on any atom is -0.462 e. The van der Waals surface area contributed by atoms with Crippen molar-refractivity contribution >= 4 is 46.6 Å². The number of amides is 2. The summed E-state index contributed by atoms with van der Waals surface area (Å²) in [6.45, 7) is 3.42. The van der Waals surface area contributed by atoms with Gasteiger partial charge in [-0.05, 0) is 55.3 Å². The molecule has 10 nitrogen and oxygen atoms in total. The van der Waals surface area contributed by atoms with Crippen molar-refractivity contribution in [3.05, 3.63) is 86.9 Å². The first-order chi connectivity index (χ1) is 20.4. The highest BCUT2D eigenvalue weighted by atomic mass is 35.5. The Kier molecular flexibility index (Phi) is 9.56. The normalized spacial score (nSPS) is 11.1. The van der Waals surface area contributed by atoms with Crippen molar-refractivity contribution < 1.29 is 32.2 Å². The van der Waals surface area contributed by atoms with E-state index in [1.54, 1.807) is 38.1 Å². The van der Waals surface area contributed by atoms with Gasteiger partial charge in [0.05, 0.1) is 33.6 Å². The predicted molar refractivity (Wildman–Crippen MR) is 155 cm³/mol. The summed E-state index contributed by atoms with van der Waals surface area (Å²) >= 11 is 12.1. The van der Waals surface area contributed by atoms with Crippen LogP contribution >= 0.6 is 23.2 Å². The van der Waals surface area contributed by atoms with Gasteiger partial charge in [-0.15, -0.1) is 13.2 Å². The number of esters is 1. The van der Waals surface area contributed by atoms with Crippen LogP contribution in [0.5, 0.6) is 5.75 Å². The van der Waals surface area contributed by atoms with E-state index in [0.717, 1.165) is 16.8 Å². The van der Waals surface area contributed by atoms with Crippen molar-refractivity contribution in [2.24, 2.45) is 0 Å². The van der Waals surface area contributed by atoms with Gasteiger partial charge < -0.3 is 20.1 Å². The molecule has 43 heavy (non-hydrogen) atoms. The summed E-state index contributed by atoms with van der Waals surface area (Å²) in [5.74, 6) is -1.43. The predicted octanol–water partition coefficient (Wildman–Crippen LogP) is 7.02. The SMILES string of the molecule is CCOC(=O)c1cc(OC(F)(F)F)cc(-c2cccc(-c3cc(NC(=O)Nc4c(Cl)cncc4Cl)c(=O)n(CC)n3)c2)c1. The van der Waals surface area contributed by atoms with Crippen molar-refractivity contribution in [1.29, 1.82) is 0 Å². The lowest BCUT2D eigenvalue weighted by molar-refractivity contribution is -0.274. The van der Waals surface area contributed by atoms with Crippen molar-refractivity contribution in [1.82, 2.24) is 14.8 Å². The van der Waals surface area contributed by atoms with E-state index in [1.165, 1.54) is 24.5 Å². The molecule has 2 aromatic carbocycles. The van der Waals surface area contributed by atoms with Crippen LogP contribution in [0.15, 0.2) is 65.7 Å². The standard InChI is InChI=1S/C28H22Cl2F3N5O5/c1-3-38-25(39)23(35-27(41)36-24-20(29)13-34-14-21(24)30)12-22(37-38)16-7-5-6-15(8-16)17-9-18(26(40)42-4-2)11-19(10-17)43-28(31,32)33/h5-14H,3-4H2,1-2H3,(H2,34,35,36,41). The lowest BCUT2D eigenvalue weighted by atomic mass is 9.99. The van der Waals surface area contributed by atoms with Crippen LogP contribution in [0.4, 0.5) is 29.3 Å². The molecule has 4 rings (SSSR count). The fraction of sp³-hybridized carbons (Fsp3) is 0.179. The molecule has 0 radical (unpaired) electrons. The minimum absolute atomic E-state index is 0.0177. The third kappa shape index (κ3) is 7.81. The highest BCUT2D eigenvalue weighted by Crippen LogP contribution is 2.33. The Morgan fingerprint density at radius 2 is 1.65 bits per heavy atom. The maximum atomic E-state index is 13.0. The van der Waals surface area contributed by atoms with E-state index < -0.39 is 29.7 Å². The summed E-state index contributed by atoms with van der Waals surface area (Å²) in [4.78, 5) is 41.8. The number of carbonyl (C=O) groups is 2. The van der Waals surface area contributed by atoms with Gasteiger partial charge in [0.2, 0.25) is 0 Å². The van der Waals surface area contributed by atoms with Crippen molar-refractivity contribution in [3.63, 3.8) is 0 Å². The quantitative estimate of drug-likeness (QED) is 0.199. The number of hydrogen-bond donors (Lipinski definition) is 2. The number of anilines is 2. The topological polar surface area (TPSA) is 124 Å². The molecule has 0 unspecified atom stereocenters. The number of halogens is 5. The maximum absolute atomic E-state index is 13.0. The molecule has 2 aromatic heterocycles. The molecule has 224 valence electrons. The number of nitrogens with one attached hydrogen (secondary N) is 2. The number of ether oxygens (including phenoxy) is 2. The number of benzene rings is 2. The summed E-state index contributed by atoms with van der Waals surface area (Å²) in [6.07, 6.45) is -2.43. The molecule has 2 amide bonds. The fourth-order valence-corrected chi connectivity index (χ4v) is 4.39. The highest BCUT2D eigenvalue weighted by molar-refractivity contribution is 6.39. The van der Waals surface area contributed by atoms with E-state index in [-0.39, 0.29) is 51.4 Å². The van der Waals surface area contributed by atoms with Gasteiger partial charge in [0, 0.05) is 24.5 Å². The zero-order valence-electron chi connectivity index (χ0n) is 22.5. The van der Waals surface area contributed by atoms with Crippen LogP contribution in [0.2, 0.25) is 10.0 Å². The molecular weight excluding hydrogens is 614 g/mol. The maximum Gasteiger partial charge on any atom is 0.573 e. The summed E-state index contributed by atoms with van der Waals surface area (Å²) in [5.41, 5.74) is 0.554. The molecule has 0 aliphatic heterocycles. The monoisotopic (exact) mass is 635 g/mol. The smallest absolute Gasteiger partial charge is 0.462 e. The van der Waals surface area contributed by atoms with E-state index >= 15 is 0 Å². The molecule has 4 aromatic rings. The second-order valence-corrected chi connectivity index (χ2v) is 9.53. The van der Waals surface area contributed by atoms with Gasteiger partial charge >= 0.3 is 18.4 Å². The van der Waals surface area contributed by atoms with Gasteiger partial charge in [-0.25, -0.2) is 14.3 Å².